The van der Waals surface area contributed by atoms with Crippen molar-refractivity contribution in [1.82, 2.24) is 4.98 Å². The fraction of sp³-hybridized carbons (Fsp3) is 0.353. The highest BCUT2D eigenvalue weighted by Crippen LogP contribution is 2.21. The van der Waals surface area contributed by atoms with Crippen LogP contribution in [-0.4, -0.2) is 16.8 Å². The predicted molar refractivity (Wildman–Crippen MR) is 83.6 cm³/mol. The van der Waals surface area contributed by atoms with Crippen LogP contribution in [-0.2, 0) is 11.2 Å². The van der Waals surface area contributed by atoms with Crippen molar-refractivity contribution in [2.45, 2.75) is 33.2 Å². The number of para-hydroxylation sites is 1. The average molecular weight is 270 g/mol. The first-order valence-corrected chi connectivity index (χ1v) is 6.91. The summed E-state index contributed by atoms with van der Waals surface area (Å²) < 4.78 is 0. The third kappa shape index (κ3) is 3.17. The van der Waals surface area contributed by atoms with E-state index in [1.807, 2.05) is 44.3 Å². The Kier molecular flexibility index (Phi) is 4.09. The second kappa shape index (κ2) is 5.63. The van der Waals surface area contributed by atoms with Gasteiger partial charge < -0.3 is 10.7 Å². The van der Waals surface area contributed by atoms with Crippen molar-refractivity contribution in [3.8, 4) is 0 Å². The Morgan fingerprint density at radius 1 is 1.40 bits per heavy atom. The number of Topliss-reactive ketones (excluding diaryl/α,β-unsaturated/α-hetero) is 1. The summed E-state index contributed by atoms with van der Waals surface area (Å²) >= 11 is 0. The van der Waals surface area contributed by atoms with Crippen molar-refractivity contribution >= 4 is 16.7 Å². The summed E-state index contributed by atoms with van der Waals surface area (Å²) in [6, 6.07) is 8.10. The SMILES string of the molecule is CC(=O)C(C)(C)/C=C/[C@H](N)Cc1c[nH]c2ccccc12. The van der Waals surface area contributed by atoms with E-state index < -0.39 is 5.41 Å². The molecule has 0 saturated carbocycles. The predicted octanol–water partition coefficient (Wildman–Crippen LogP) is 3.21. The molecule has 1 heterocycles. The van der Waals surface area contributed by atoms with Gasteiger partial charge in [-0.15, -0.1) is 0 Å². The minimum Gasteiger partial charge on any atom is -0.361 e. The van der Waals surface area contributed by atoms with Gasteiger partial charge in [0, 0.05) is 28.6 Å². The maximum Gasteiger partial charge on any atom is 0.139 e. The van der Waals surface area contributed by atoms with Crippen LogP contribution in [0.3, 0.4) is 0 Å². The molecule has 106 valence electrons. The molecule has 1 aromatic carbocycles. The molecule has 3 heteroatoms. The van der Waals surface area contributed by atoms with E-state index in [-0.39, 0.29) is 11.8 Å². The molecule has 0 aliphatic heterocycles. The molecule has 0 bridgehead atoms. The monoisotopic (exact) mass is 270 g/mol. The summed E-state index contributed by atoms with van der Waals surface area (Å²) in [7, 11) is 0. The topological polar surface area (TPSA) is 58.9 Å². The summed E-state index contributed by atoms with van der Waals surface area (Å²) in [4.78, 5) is 14.7. The number of nitrogens with two attached hydrogens (primary N) is 1. The van der Waals surface area contributed by atoms with Gasteiger partial charge in [-0.1, -0.05) is 30.4 Å². The minimum atomic E-state index is -0.447. The number of benzene rings is 1. The van der Waals surface area contributed by atoms with E-state index in [0.29, 0.717) is 0 Å². The van der Waals surface area contributed by atoms with Gasteiger partial charge in [0.05, 0.1) is 0 Å². The van der Waals surface area contributed by atoms with Gasteiger partial charge in [0.2, 0.25) is 0 Å². The molecule has 0 amide bonds. The number of fused-ring (bicyclic) bond motifs is 1. The van der Waals surface area contributed by atoms with Crippen molar-refractivity contribution in [1.29, 1.82) is 0 Å². The molecule has 3 N–H and O–H groups in total. The van der Waals surface area contributed by atoms with Crippen LogP contribution in [0, 0.1) is 5.41 Å². The Bertz CT molecular complexity index is 637. The Morgan fingerprint density at radius 2 is 2.10 bits per heavy atom. The lowest BCUT2D eigenvalue weighted by atomic mass is 9.87. The first kappa shape index (κ1) is 14.5. The number of aromatic nitrogens is 1. The number of ketones is 1. The van der Waals surface area contributed by atoms with E-state index in [9.17, 15) is 4.79 Å². The number of nitrogens with one attached hydrogen (secondary N) is 1. The van der Waals surface area contributed by atoms with Crippen LogP contribution in [0.4, 0.5) is 0 Å². The van der Waals surface area contributed by atoms with Crippen LogP contribution in [0.5, 0.6) is 0 Å². The lowest BCUT2D eigenvalue weighted by Crippen LogP contribution is -2.23. The molecule has 0 spiro atoms. The van der Waals surface area contributed by atoms with Crippen LogP contribution in [0.2, 0.25) is 0 Å². The van der Waals surface area contributed by atoms with E-state index in [1.165, 1.54) is 10.9 Å². The molecular formula is C17H22N2O. The van der Waals surface area contributed by atoms with Crippen LogP contribution in [0.1, 0.15) is 26.3 Å². The Labute approximate surface area is 119 Å². The second-order valence-electron chi connectivity index (χ2n) is 5.86. The molecule has 0 aliphatic carbocycles. The van der Waals surface area contributed by atoms with Crippen molar-refractivity contribution in [3.63, 3.8) is 0 Å². The number of carbonyl (C=O) groups excluding carboxylic acids is 1. The summed E-state index contributed by atoms with van der Waals surface area (Å²) in [5.74, 6) is 0.146. The number of carbonyl (C=O) groups is 1. The lowest BCUT2D eigenvalue weighted by Gasteiger charge is -2.16. The number of rotatable bonds is 5. The highest BCUT2D eigenvalue weighted by molar-refractivity contribution is 5.84. The Balaban J connectivity index is 2.10. The number of hydrogen-bond acceptors (Lipinski definition) is 2. The average Bonchev–Trinajstić information content (AvgIpc) is 2.80. The highest BCUT2D eigenvalue weighted by atomic mass is 16.1. The van der Waals surface area contributed by atoms with Crippen molar-refractivity contribution in [2.75, 3.05) is 0 Å². The standard InChI is InChI=1S/C17H22N2O/c1-12(20)17(2,3)9-8-14(18)10-13-11-19-16-7-5-4-6-15(13)16/h4-9,11,14,19H,10,18H2,1-3H3/b9-8+/t14-/m0/s1. The molecule has 0 fully saturated rings. The van der Waals surface area contributed by atoms with Crippen molar-refractivity contribution in [2.24, 2.45) is 11.1 Å². The first-order valence-electron chi connectivity index (χ1n) is 6.91. The maximum absolute atomic E-state index is 11.5. The Morgan fingerprint density at radius 3 is 2.80 bits per heavy atom. The molecule has 0 saturated heterocycles. The summed E-state index contributed by atoms with van der Waals surface area (Å²) in [5.41, 5.74) is 8.04. The zero-order valence-corrected chi connectivity index (χ0v) is 12.3. The zero-order chi connectivity index (χ0) is 14.8. The maximum atomic E-state index is 11.5. The van der Waals surface area contributed by atoms with Crippen molar-refractivity contribution < 1.29 is 4.79 Å². The molecule has 0 radical (unpaired) electrons. The zero-order valence-electron chi connectivity index (χ0n) is 12.3. The van der Waals surface area contributed by atoms with Crippen LogP contribution >= 0.6 is 0 Å². The largest absolute Gasteiger partial charge is 0.361 e. The molecule has 0 unspecified atom stereocenters. The minimum absolute atomic E-state index is 0.0900. The van der Waals surface area contributed by atoms with Gasteiger partial charge in [-0.05, 0) is 38.8 Å². The van der Waals surface area contributed by atoms with Gasteiger partial charge in [-0.3, -0.25) is 4.79 Å². The number of aromatic amines is 1. The number of H-pyrrole nitrogens is 1. The van der Waals surface area contributed by atoms with E-state index >= 15 is 0 Å². The molecule has 3 nitrogen and oxygen atoms in total. The second-order valence-corrected chi connectivity index (χ2v) is 5.86. The molecule has 2 rings (SSSR count). The molecule has 0 aliphatic rings. The van der Waals surface area contributed by atoms with E-state index in [2.05, 4.69) is 17.1 Å². The fourth-order valence-electron chi connectivity index (χ4n) is 2.10. The van der Waals surface area contributed by atoms with Gasteiger partial charge in [0.1, 0.15) is 5.78 Å². The van der Waals surface area contributed by atoms with Gasteiger partial charge in [0.15, 0.2) is 0 Å². The van der Waals surface area contributed by atoms with E-state index in [0.717, 1.165) is 11.9 Å². The summed E-state index contributed by atoms with van der Waals surface area (Å²) in [6.07, 6.45) is 6.61. The fourth-order valence-corrected chi connectivity index (χ4v) is 2.10. The van der Waals surface area contributed by atoms with Crippen LogP contribution in [0.15, 0.2) is 42.6 Å². The van der Waals surface area contributed by atoms with Crippen LogP contribution < -0.4 is 5.73 Å². The molecule has 2 aromatic rings. The molecule has 1 atom stereocenters. The summed E-state index contributed by atoms with van der Waals surface area (Å²) in [5, 5.41) is 1.21. The van der Waals surface area contributed by atoms with E-state index in [1.54, 1.807) is 6.92 Å². The van der Waals surface area contributed by atoms with E-state index in [4.69, 9.17) is 5.73 Å². The third-order valence-electron chi connectivity index (χ3n) is 3.80. The molecule has 20 heavy (non-hydrogen) atoms. The normalized spacial score (nSPS) is 14.0. The van der Waals surface area contributed by atoms with Gasteiger partial charge in [-0.2, -0.15) is 0 Å². The van der Waals surface area contributed by atoms with Gasteiger partial charge in [-0.25, -0.2) is 0 Å². The quantitative estimate of drug-likeness (QED) is 0.820. The summed E-state index contributed by atoms with van der Waals surface area (Å²) in [6.45, 7) is 5.42. The van der Waals surface area contributed by atoms with Crippen molar-refractivity contribution in [3.05, 3.63) is 48.2 Å². The first-order chi connectivity index (χ1) is 9.40. The highest BCUT2D eigenvalue weighted by Gasteiger charge is 2.19. The van der Waals surface area contributed by atoms with Gasteiger partial charge in [0.25, 0.3) is 0 Å². The number of hydrogen-bond donors (Lipinski definition) is 2. The number of allylic oxidation sites excluding steroid dienone is 1. The Hall–Kier alpha value is -1.87. The van der Waals surface area contributed by atoms with Gasteiger partial charge >= 0.3 is 0 Å². The third-order valence-corrected chi connectivity index (χ3v) is 3.80. The molecular weight excluding hydrogens is 248 g/mol. The lowest BCUT2D eigenvalue weighted by molar-refractivity contribution is -0.122. The molecule has 1 aromatic heterocycles. The smallest absolute Gasteiger partial charge is 0.139 e. The van der Waals surface area contributed by atoms with Crippen LogP contribution in [0.25, 0.3) is 10.9 Å².